The molecule has 8 heteroatoms. The number of hydrogen-bond acceptors (Lipinski definition) is 3. The van der Waals surface area contributed by atoms with Gasteiger partial charge in [0.15, 0.2) is 0 Å². The zero-order valence-electron chi connectivity index (χ0n) is 12.3. The monoisotopic (exact) mass is 354 g/mol. The molecule has 2 rings (SSSR count). The molecule has 2 aromatic rings. The standard InChI is InChI=1S/C16H13F3N2O2S/c17-16(18,19)14-6-4-12(5-7-14)8-9-21-24(22,23)15-3-1-2-13(10-15)11-20/h1-7,10,21H,8-9H2. The molecule has 0 bridgehead atoms. The van der Waals surface area contributed by atoms with E-state index in [1.54, 1.807) is 0 Å². The van der Waals surface area contributed by atoms with Crippen molar-refractivity contribution < 1.29 is 21.6 Å². The summed E-state index contributed by atoms with van der Waals surface area (Å²) >= 11 is 0. The van der Waals surface area contributed by atoms with Crippen LogP contribution in [0.3, 0.4) is 0 Å². The summed E-state index contributed by atoms with van der Waals surface area (Å²) in [5, 5.41) is 8.79. The summed E-state index contributed by atoms with van der Waals surface area (Å²) in [6.07, 6.45) is -4.15. The second kappa shape index (κ2) is 7.03. The Bertz CT molecular complexity index is 854. The lowest BCUT2D eigenvalue weighted by Crippen LogP contribution is -2.26. The average Bonchev–Trinajstić information content (AvgIpc) is 2.54. The fraction of sp³-hybridized carbons (Fsp3) is 0.188. The number of alkyl halides is 3. The van der Waals surface area contributed by atoms with Crippen LogP contribution in [0.2, 0.25) is 0 Å². The van der Waals surface area contributed by atoms with Crippen LogP contribution in [-0.4, -0.2) is 15.0 Å². The van der Waals surface area contributed by atoms with Crippen molar-refractivity contribution in [2.45, 2.75) is 17.5 Å². The fourth-order valence-corrected chi connectivity index (χ4v) is 3.08. The van der Waals surface area contributed by atoms with Gasteiger partial charge in [0.25, 0.3) is 0 Å². The molecule has 0 aliphatic rings. The van der Waals surface area contributed by atoms with Crippen molar-refractivity contribution in [2.24, 2.45) is 0 Å². The van der Waals surface area contributed by atoms with E-state index in [4.69, 9.17) is 5.26 Å². The molecule has 0 amide bonds. The van der Waals surface area contributed by atoms with Crippen molar-refractivity contribution in [3.8, 4) is 6.07 Å². The lowest BCUT2D eigenvalue weighted by molar-refractivity contribution is -0.137. The summed E-state index contributed by atoms with van der Waals surface area (Å²) in [6.45, 7) is 0.0322. The van der Waals surface area contributed by atoms with Crippen molar-refractivity contribution >= 4 is 10.0 Å². The molecule has 0 fully saturated rings. The maximum Gasteiger partial charge on any atom is 0.416 e. The highest BCUT2D eigenvalue weighted by Gasteiger charge is 2.29. The van der Waals surface area contributed by atoms with Crippen LogP contribution in [0.4, 0.5) is 13.2 Å². The van der Waals surface area contributed by atoms with Crippen molar-refractivity contribution in [2.75, 3.05) is 6.54 Å². The van der Waals surface area contributed by atoms with Gasteiger partial charge in [0.2, 0.25) is 10.0 Å². The minimum absolute atomic E-state index is 0.0322. The Labute approximate surface area is 137 Å². The molecule has 0 aliphatic heterocycles. The van der Waals surface area contributed by atoms with Crippen molar-refractivity contribution in [3.05, 3.63) is 65.2 Å². The van der Waals surface area contributed by atoms with Gasteiger partial charge in [-0.15, -0.1) is 0 Å². The Morgan fingerprint density at radius 2 is 1.75 bits per heavy atom. The van der Waals surface area contributed by atoms with Gasteiger partial charge >= 0.3 is 6.18 Å². The molecule has 0 saturated carbocycles. The van der Waals surface area contributed by atoms with E-state index in [1.807, 2.05) is 6.07 Å². The van der Waals surface area contributed by atoms with Crippen LogP contribution in [0.25, 0.3) is 0 Å². The molecule has 0 heterocycles. The van der Waals surface area contributed by atoms with Crippen molar-refractivity contribution in [1.82, 2.24) is 4.72 Å². The Morgan fingerprint density at radius 1 is 1.08 bits per heavy atom. The molecule has 4 nitrogen and oxygen atoms in total. The number of hydrogen-bond donors (Lipinski definition) is 1. The summed E-state index contributed by atoms with van der Waals surface area (Å²) in [5.74, 6) is 0. The number of nitriles is 1. The molecule has 1 N–H and O–H groups in total. The first-order valence-corrected chi connectivity index (χ1v) is 8.37. The van der Waals surface area contributed by atoms with Crippen LogP contribution in [0, 0.1) is 11.3 Å². The van der Waals surface area contributed by atoms with Gasteiger partial charge in [-0.1, -0.05) is 18.2 Å². The third-order valence-electron chi connectivity index (χ3n) is 3.26. The van der Waals surface area contributed by atoms with Gasteiger partial charge < -0.3 is 0 Å². The van der Waals surface area contributed by atoms with E-state index in [1.165, 1.54) is 36.4 Å². The summed E-state index contributed by atoms with van der Waals surface area (Å²) in [4.78, 5) is -0.0334. The topological polar surface area (TPSA) is 70.0 Å². The summed E-state index contributed by atoms with van der Waals surface area (Å²) in [5.41, 5.74) is 0.0530. The van der Waals surface area contributed by atoms with Gasteiger partial charge in [0, 0.05) is 6.54 Å². The van der Waals surface area contributed by atoms with Crippen LogP contribution in [0.1, 0.15) is 16.7 Å². The lowest BCUT2D eigenvalue weighted by atomic mass is 10.1. The first-order valence-electron chi connectivity index (χ1n) is 6.88. The summed E-state index contributed by atoms with van der Waals surface area (Å²) < 4.78 is 64.0. The quantitative estimate of drug-likeness (QED) is 0.897. The van der Waals surface area contributed by atoms with E-state index in [9.17, 15) is 21.6 Å². The molecule has 2 aromatic carbocycles. The summed E-state index contributed by atoms with van der Waals surface area (Å²) in [6, 6.07) is 12.0. The Balaban J connectivity index is 1.99. The molecule has 0 atom stereocenters. The van der Waals surface area contributed by atoms with Crippen LogP contribution >= 0.6 is 0 Å². The Morgan fingerprint density at radius 3 is 2.33 bits per heavy atom. The van der Waals surface area contributed by atoms with Crippen LogP contribution in [0.5, 0.6) is 0 Å². The number of halogens is 3. The number of sulfonamides is 1. The molecule has 0 saturated heterocycles. The molecular formula is C16H13F3N2O2S. The van der Waals surface area contributed by atoms with E-state index >= 15 is 0 Å². The third-order valence-corrected chi connectivity index (χ3v) is 4.72. The zero-order chi connectivity index (χ0) is 17.8. The van der Waals surface area contributed by atoms with Gasteiger partial charge in [-0.2, -0.15) is 18.4 Å². The molecular weight excluding hydrogens is 341 g/mol. The number of nitrogens with one attached hydrogen (secondary N) is 1. The summed E-state index contributed by atoms with van der Waals surface area (Å²) in [7, 11) is -3.78. The number of rotatable bonds is 5. The zero-order valence-corrected chi connectivity index (χ0v) is 13.2. The molecule has 0 radical (unpaired) electrons. The highest BCUT2D eigenvalue weighted by Crippen LogP contribution is 2.29. The molecule has 0 aliphatic carbocycles. The highest BCUT2D eigenvalue weighted by atomic mass is 32.2. The van der Waals surface area contributed by atoms with E-state index in [0.717, 1.165) is 12.1 Å². The predicted molar refractivity (Wildman–Crippen MR) is 81.5 cm³/mol. The SMILES string of the molecule is N#Cc1cccc(S(=O)(=O)NCCc2ccc(C(F)(F)F)cc2)c1. The molecule has 126 valence electrons. The van der Waals surface area contributed by atoms with Crippen LogP contribution in [0.15, 0.2) is 53.4 Å². The van der Waals surface area contributed by atoms with E-state index in [2.05, 4.69) is 4.72 Å². The second-order valence-electron chi connectivity index (χ2n) is 4.98. The lowest BCUT2D eigenvalue weighted by Gasteiger charge is -2.09. The van der Waals surface area contributed by atoms with Crippen LogP contribution in [-0.2, 0) is 22.6 Å². The maximum absolute atomic E-state index is 12.5. The largest absolute Gasteiger partial charge is 0.416 e. The third kappa shape index (κ3) is 4.57. The molecule has 24 heavy (non-hydrogen) atoms. The van der Waals surface area contributed by atoms with Gasteiger partial charge in [-0.25, -0.2) is 13.1 Å². The molecule has 0 aromatic heterocycles. The predicted octanol–water partition coefficient (Wildman–Crippen LogP) is 3.10. The number of benzene rings is 2. The van der Waals surface area contributed by atoms with Crippen molar-refractivity contribution in [1.29, 1.82) is 5.26 Å². The Hall–Kier alpha value is -2.37. The number of nitrogens with zero attached hydrogens (tertiary/aromatic N) is 1. The van der Waals surface area contributed by atoms with Gasteiger partial charge in [0.05, 0.1) is 22.1 Å². The van der Waals surface area contributed by atoms with E-state index in [0.29, 0.717) is 5.56 Å². The van der Waals surface area contributed by atoms with E-state index in [-0.39, 0.29) is 23.4 Å². The minimum Gasteiger partial charge on any atom is -0.211 e. The maximum atomic E-state index is 12.5. The first-order chi connectivity index (χ1) is 11.2. The Kier molecular flexibility index (Phi) is 5.26. The molecule has 0 spiro atoms. The average molecular weight is 354 g/mol. The molecule has 0 unspecified atom stereocenters. The van der Waals surface area contributed by atoms with E-state index < -0.39 is 21.8 Å². The van der Waals surface area contributed by atoms with Crippen LogP contribution < -0.4 is 4.72 Å². The highest BCUT2D eigenvalue weighted by molar-refractivity contribution is 7.89. The van der Waals surface area contributed by atoms with Gasteiger partial charge in [0.1, 0.15) is 0 Å². The fourth-order valence-electron chi connectivity index (χ4n) is 2.01. The minimum atomic E-state index is -4.40. The van der Waals surface area contributed by atoms with Gasteiger partial charge in [-0.05, 0) is 42.3 Å². The first kappa shape index (κ1) is 18.0. The second-order valence-corrected chi connectivity index (χ2v) is 6.75. The van der Waals surface area contributed by atoms with Gasteiger partial charge in [-0.3, -0.25) is 0 Å². The normalized spacial score (nSPS) is 11.9. The van der Waals surface area contributed by atoms with Crippen molar-refractivity contribution in [3.63, 3.8) is 0 Å². The smallest absolute Gasteiger partial charge is 0.211 e.